The number of aromatic nitrogens is 1. The normalized spacial score (nSPS) is 11.9. The molecule has 2 rings (SSSR count). The van der Waals surface area contributed by atoms with Gasteiger partial charge in [-0.05, 0) is 30.7 Å². The first-order chi connectivity index (χ1) is 9.47. The van der Waals surface area contributed by atoms with Gasteiger partial charge in [0.15, 0.2) is 0 Å². The predicted octanol–water partition coefficient (Wildman–Crippen LogP) is 2.70. The number of carbonyl (C=O) groups is 1. The summed E-state index contributed by atoms with van der Waals surface area (Å²) in [7, 11) is 0. The Hall–Kier alpha value is -2.08. The Morgan fingerprint density at radius 3 is 2.60 bits per heavy atom. The molecule has 1 atom stereocenters. The van der Waals surface area contributed by atoms with Crippen molar-refractivity contribution in [2.75, 3.05) is 11.1 Å². The summed E-state index contributed by atoms with van der Waals surface area (Å²) in [6.45, 7) is 2.01. The molecule has 20 heavy (non-hydrogen) atoms. The van der Waals surface area contributed by atoms with Crippen molar-refractivity contribution in [3.8, 4) is 0 Å². The van der Waals surface area contributed by atoms with Gasteiger partial charge in [0.25, 0.3) is 5.91 Å². The number of carbonyl (C=O) groups excluding carboxylic acids is 1. The Kier molecular flexibility index (Phi) is 4.24. The molecule has 2 aromatic rings. The molecule has 0 saturated heterocycles. The molecule has 1 amide bonds. The van der Waals surface area contributed by atoms with Gasteiger partial charge in [-0.25, -0.2) is 4.98 Å². The number of nitrogens with two attached hydrogens (primary N) is 2. The van der Waals surface area contributed by atoms with Crippen LogP contribution in [-0.4, -0.2) is 10.9 Å². The lowest BCUT2D eigenvalue weighted by atomic mass is 10.1. The summed E-state index contributed by atoms with van der Waals surface area (Å²) in [4.78, 5) is 15.4. The second kappa shape index (κ2) is 5.92. The third kappa shape index (κ3) is 3.27. The molecule has 6 heteroatoms. The Morgan fingerprint density at radius 1 is 1.35 bits per heavy atom. The van der Waals surface area contributed by atoms with Crippen molar-refractivity contribution in [2.45, 2.75) is 13.0 Å². The Labute approximate surface area is 125 Å². The van der Waals surface area contributed by atoms with Crippen LogP contribution >= 0.6 is 15.9 Å². The highest BCUT2D eigenvalue weighted by Crippen LogP contribution is 2.22. The molecule has 0 aliphatic heterocycles. The molecule has 0 radical (unpaired) electrons. The quantitative estimate of drug-likeness (QED) is 0.801. The lowest BCUT2D eigenvalue weighted by Gasteiger charge is -2.16. The van der Waals surface area contributed by atoms with E-state index in [1.54, 1.807) is 6.07 Å². The van der Waals surface area contributed by atoms with Gasteiger partial charge in [0.05, 0.1) is 17.4 Å². The maximum Gasteiger partial charge on any atom is 0.250 e. The van der Waals surface area contributed by atoms with E-state index in [9.17, 15) is 4.79 Å². The van der Waals surface area contributed by atoms with Crippen LogP contribution in [0, 0.1) is 0 Å². The Balaban J connectivity index is 2.19. The van der Waals surface area contributed by atoms with Crippen LogP contribution in [0.4, 0.5) is 11.5 Å². The average Bonchev–Trinajstić information content (AvgIpc) is 2.41. The number of benzene rings is 1. The predicted molar refractivity (Wildman–Crippen MR) is 83.3 cm³/mol. The molecule has 5 nitrogen and oxygen atoms in total. The minimum absolute atomic E-state index is 0.0416. The van der Waals surface area contributed by atoms with Crippen molar-refractivity contribution >= 4 is 33.3 Å². The van der Waals surface area contributed by atoms with Gasteiger partial charge in [0.1, 0.15) is 5.82 Å². The summed E-state index contributed by atoms with van der Waals surface area (Å²) in [5, 5.41) is 3.21. The van der Waals surface area contributed by atoms with Crippen LogP contribution in [-0.2, 0) is 0 Å². The first-order valence-corrected chi connectivity index (χ1v) is 6.84. The van der Waals surface area contributed by atoms with Gasteiger partial charge in [-0.15, -0.1) is 0 Å². The molecule has 0 bridgehead atoms. The fraction of sp³-hybridized carbons (Fsp3) is 0.143. The summed E-state index contributed by atoms with van der Waals surface area (Å²) >= 11 is 3.40. The van der Waals surface area contributed by atoms with Crippen LogP contribution in [0.15, 0.2) is 41.0 Å². The Bertz CT molecular complexity index is 628. The third-order valence-electron chi connectivity index (χ3n) is 2.93. The van der Waals surface area contributed by atoms with E-state index in [4.69, 9.17) is 11.5 Å². The summed E-state index contributed by atoms with van der Waals surface area (Å²) < 4.78 is 1.02. The molecule has 0 saturated carbocycles. The number of nitrogens with one attached hydrogen (secondary N) is 1. The topological polar surface area (TPSA) is 94.0 Å². The maximum absolute atomic E-state index is 11.2. The zero-order valence-electron chi connectivity index (χ0n) is 10.9. The van der Waals surface area contributed by atoms with Crippen LogP contribution in [0.2, 0.25) is 0 Å². The fourth-order valence-electron chi connectivity index (χ4n) is 1.81. The van der Waals surface area contributed by atoms with E-state index in [0.29, 0.717) is 5.82 Å². The smallest absolute Gasteiger partial charge is 0.250 e. The van der Waals surface area contributed by atoms with Crippen molar-refractivity contribution < 1.29 is 4.79 Å². The van der Waals surface area contributed by atoms with Crippen molar-refractivity contribution in [1.82, 2.24) is 4.98 Å². The van der Waals surface area contributed by atoms with Crippen LogP contribution in [0.5, 0.6) is 0 Å². The molecule has 1 aromatic heterocycles. The van der Waals surface area contributed by atoms with E-state index in [1.807, 2.05) is 31.2 Å². The summed E-state index contributed by atoms with van der Waals surface area (Å²) in [6.07, 6.45) is 1.43. The van der Waals surface area contributed by atoms with Gasteiger partial charge in [-0.2, -0.15) is 0 Å². The van der Waals surface area contributed by atoms with E-state index >= 15 is 0 Å². The number of primary amides is 1. The molecule has 1 heterocycles. The largest absolute Gasteiger partial charge is 0.397 e. The number of anilines is 2. The maximum atomic E-state index is 11.2. The van der Waals surface area contributed by atoms with Gasteiger partial charge in [0, 0.05) is 10.5 Å². The molecule has 0 spiro atoms. The number of nitrogens with zero attached hydrogens (tertiary/aromatic N) is 1. The highest BCUT2D eigenvalue weighted by Gasteiger charge is 2.10. The number of halogens is 1. The molecule has 0 aliphatic carbocycles. The van der Waals surface area contributed by atoms with E-state index in [2.05, 4.69) is 26.2 Å². The molecule has 0 aliphatic rings. The van der Waals surface area contributed by atoms with Crippen molar-refractivity contribution in [3.05, 3.63) is 52.1 Å². The highest BCUT2D eigenvalue weighted by molar-refractivity contribution is 9.10. The van der Waals surface area contributed by atoms with Crippen LogP contribution in [0.1, 0.15) is 28.9 Å². The van der Waals surface area contributed by atoms with Gasteiger partial charge in [0.2, 0.25) is 0 Å². The summed E-state index contributed by atoms with van der Waals surface area (Å²) in [5.74, 6) is -0.00679. The number of hydrogen-bond donors (Lipinski definition) is 3. The van der Waals surface area contributed by atoms with Gasteiger partial charge >= 0.3 is 0 Å². The molecule has 0 fully saturated rings. The monoisotopic (exact) mass is 334 g/mol. The van der Waals surface area contributed by atoms with Crippen molar-refractivity contribution in [3.63, 3.8) is 0 Å². The Morgan fingerprint density at radius 2 is 2.00 bits per heavy atom. The average molecular weight is 335 g/mol. The molecular weight excluding hydrogens is 320 g/mol. The van der Waals surface area contributed by atoms with Gasteiger partial charge in [-0.3, -0.25) is 4.79 Å². The highest BCUT2D eigenvalue weighted by atomic mass is 79.9. The number of pyridine rings is 1. The summed E-state index contributed by atoms with van der Waals surface area (Å²) in [6, 6.07) is 9.56. The first kappa shape index (κ1) is 14.3. The second-order valence-electron chi connectivity index (χ2n) is 4.44. The lowest BCUT2D eigenvalue weighted by Crippen LogP contribution is -2.15. The first-order valence-electron chi connectivity index (χ1n) is 6.04. The second-order valence-corrected chi connectivity index (χ2v) is 5.35. The number of amides is 1. The number of rotatable bonds is 4. The van der Waals surface area contributed by atoms with Crippen molar-refractivity contribution in [1.29, 1.82) is 0 Å². The SMILES string of the molecule is CC(Nc1cc(C(N)=O)c(N)cn1)c1ccc(Br)cc1. The van der Waals surface area contributed by atoms with Crippen molar-refractivity contribution in [2.24, 2.45) is 5.73 Å². The molecule has 1 unspecified atom stereocenters. The molecule has 1 aromatic carbocycles. The minimum atomic E-state index is -0.566. The fourth-order valence-corrected chi connectivity index (χ4v) is 2.08. The number of hydrogen-bond acceptors (Lipinski definition) is 4. The van der Waals surface area contributed by atoms with E-state index in [-0.39, 0.29) is 17.3 Å². The van der Waals surface area contributed by atoms with Crippen LogP contribution in [0.25, 0.3) is 0 Å². The molecule has 5 N–H and O–H groups in total. The third-order valence-corrected chi connectivity index (χ3v) is 3.46. The van der Waals surface area contributed by atoms with Gasteiger partial charge < -0.3 is 16.8 Å². The molecular formula is C14H15BrN4O. The zero-order valence-corrected chi connectivity index (χ0v) is 12.5. The van der Waals surface area contributed by atoms with Crippen LogP contribution in [0.3, 0.4) is 0 Å². The van der Waals surface area contributed by atoms with E-state index in [0.717, 1.165) is 10.0 Å². The number of nitrogen functional groups attached to an aromatic ring is 1. The zero-order chi connectivity index (χ0) is 14.7. The minimum Gasteiger partial charge on any atom is -0.397 e. The van der Waals surface area contributed by atoms with E-state index in [1.165, 1.54) is 6.20 Å². The standard InChI is InChI=1S/C14H15BrN4O/c1-8(9-2-4-10(15)5-3-9)19-13-6-11(14(17)20)12(16)7-18-13/h2-8H,16H2,1H3,(H2,17,20)(H,18,19). The van der Waals surface area contributed by atoms with Crippen LogP contribution < -0.4 is 16.8 Å². The lowest BCUT2D eigenvalue weighted by molar-refractivity contribution is 0.100. The van der Waals surface area contributed by atoms with Gasteiger partial charge in [-0.1, -0.05) is 28.1 Å². The summed E-state index contributed by atoms with van der Waals surface area (Å²) in [5.41, 5.74) is 12.6. The van der Waals surface area contributed by atoms with E-state index < -0.39 is 5.91 Å². The molecule has 104 valence electrons.